The Morgan fingerprint density at radius 1 is 1.35 bits per heavy atom. The van der Waals surface area contributed by atoms with Gasteiger partial charge >= 0.3 is 5.97 Å². The normalized spacial score (nSPS) is 13.6. The van der Waals surface area contributed by atoms with E-state index >= 15 is 0 Å². The molecule has 1 aromatic carbocycles. The summed E-state index contributed by atoms with van der Waals surface area (Å²) in [6.07, 6.45) is 0.768. The van der Waals surface area contributed by atoms with Gasteiger partial charge in [-0.25, -0.2) is 0 Å². The number of benzene rings is 1. The molecule has 0 amide bonds. The van der Waals surface area contributed by atoms with E-state index in [9.17, 15) is 4.79 Å². The van der Waals surface area contributed by atoms with Crippen LogP contribution >= 0.6 is 11.8 Å². The maximum absolute atomic E-state index is 11.7. The van der Waals surface area contributed by atoms with E-state index in [0.717, 1.165) is 17.8 Å². The summed E-state index contributed by atoms with van der Waals surface area (Å²) in [5.74, 6) is 0.446. The first-order valence-electron chi connectivity index (χ1n) is 7.53. The monoisotopic (exact) mass is 334 g/mol. The molecule has 0 spiro atoms. The molecule has 2 N–H and O–H groups in total. The number of ether oxygens (including phenoxy) is 1. The Bertz CT molecular complexity index is 645. The van der Waals surface area contributed by atoms with E-state index in [-0.39, 0.29) is 17.3 Å². The SMILES string of the molecule is CCC(N)c1nnc(SC(C)C(=O)OC)n1Cc1ccccc1. The summed E-state index contributed by atoms with van der Waals surface area (Å²) in [5, 5.41) is 8.78. The fourth-order valence-electron chi connectivity index (χ4n) is 2.13. The smallest absolute Gasteiger partial charge is 0.318 e. The summed E-state index contributed by atoms with van der Waals surface area (Å²) >= 11 is 1.33. The van der Waals surface area contributed by atoms with E-state index in [2.05, 4.69) is 10.2 Å². The van der Waals surface area contributed by atoms with Gasteiger partial charge in [-0.1, -0.05) is 49.0 Å². The van der Waals surface area contributed by atoms with Gasteiger partial charge in [-0.3, -0.25) is 4.79 Å². The minimum absolute atomic E-state index is 0.186. The lowest BCUT2D eigenvalue weighted by atomic mass is 10.2. The van der Waals surface area contributed by atoms with Gasteiger partial charge in [0, 0.05) is 0 Å². The molecule has 23 heavy (non-hydrogen) atoms. The van der Waals surface area contributed by atoms with Gasteiger partial charge in [0.1, 0.15) is 5.25 Å². The van der Waals surface area contributed by atoms with Gasteiger partial charge < -0.3 is 15.0 Å². The summed E-state index contributed by atoms with van der Waals surface area (Å²) in [6.45, 7) is 4.42. The molecule has 0 fully saturated rings. The van der Waals surface area contributed by atoms with E-state index in [1.54, 1.807) is 6.92 Å². The number of rotatable bonds is 7. The highest BCUT2D eigenvalue weighted by atomic mass is 32.2. The highest BCUT2D eigenvalue weighted by Gasteiger charge is 2.22. The summed E-state index contributed by atoms with van der Waals surface area (Å²) in [7, 11) is 1.38. The molecule has 2 aromatic rings. The van der Waals surface area contributed by atoms with Gasteiger partial charge in [0.2, 0.25) is 0 Å². The number of esters is 1. The van der Waals surface area contributed by atoms with Crippen LogP contribution in [0, 0.1) is 0 Å². The molecule has 2 rings (SSSR count). The number of thioether (sulfide) groups is 1. The topological polar surface area (TPSA) is 83.0 Å². The predicted molar refractivity (Wildman–Crippen MR) is 90.1 cm³/mol. The summed E-state index contributed by atoms with van der Waals surface area (Å²) in [4.78, 5) is 11.7. The van der Waals surface area contributed by atoms with Crippen LogP contribution in [-0.4, -0.2) is 33.1 Å². The zero-order valence-electron chi connectivity index (χ0n) is 13.6. The minimum atomic E-state index is -0.357. The number of nitrogens with zero attached hydrogens (tertiary/aromatic N) is 3. The van der Waals surface area contributed by atoms with Crippen LogP contribution in [0.25, 0.3) is 0 Å². The standard InChI is InChI=1S/C16H22N4O2S/c1-4-13(17)14-18-19-16(23-11(2)15(21)22-3)20(14)10-12-8-6-5-7-9-12/h5-9,11,13H,4,10,17H2,1-3H3. The summed E-state index contributed by atoms with van der Waals surface area (Å²) < 4.78 is 6.76. The van der Waals surface area contributed by atoms with E-state index < -0.39 is 0 Å². The molecule has 0 aliphatic carbocycles. The minimum Gasteiger partial charge on any atom is -0.468 e. The van der Waals surface area contributed by atoms with Crippen LogP contribution in [0.2, 0.25) is 0 Å². The number of hydrogen-bond acceptors (Lipinski definition) is 6. The lowest BCUT2D eigenvalue weighted by Crippen LogP contribution is -2.19. The van der Waals surface area contributed by atoms with E-state index in [1.165, 1.54) is 18.9 Å². The van der Waals surface area contributed by atoms with Crippen molar-refractivity contribution in [1.82, 2.24) is 14.8 Å². The number of aromatic nitrogens is 3. The van der Waals surface area contributed by atoms with Crippen molar-refractivity contribution >= 4 is 17.7 Å². The third kappa shape index (κ3) is 4.33. The zero-order chi connectivity index (χ0) is 16.8. The third-order valence-corrected chi connectivity index (χ3v) is 4.57. The van der Waals surface area contributed by atoms with Crippen LogP contribution in [0.3, 0.4) is 0 Å². The first kappa shape index (κ1) is 17.5. The Balaban J connectivity index is 2.31. The zero-order valence-corrected chi connectivity index (χ0v) is 14.4. The largest absolute Gasteiger partial charge is 0.468 e. The molecule has 2 atom stereocenters. The van der Waals surface area contributed by atoms with Crippen molar-refractivity contribution in [2.45, 2.75) is 43.3 Å². The van der Waals surface area contributed by atoms with E-state index in [4.69, 9.17) is 10.5 Å². The highest BCUT2D eigenvalue weighted by Crippen LogP contribution is 2.26. The Morgan fingerprint density at radius 3 is 2.65 bits per heavy atom. The molecular weight excluding hydrogens is 312 g/mol. The van der Waals surface area contributed by atoms with Crippen molar-refractivity contribution in [2.24, 2.45) is 5.73 Å². The molecule has 0 aliphatic heterocycles. The molecule has 0 saturated heterocycles. The van der Waals surface area contributed by atoms with Crippen molar-refractivity contribution in [3.63, 3.8) is 0 Å². The van der Waals surface area contributed by atoms with Crippen molar-refractivity contribution in [2.75, 3.05) is 7.11 Å². The lowest BCUT2D eigenvalue weighted by Gasteiger charge is -2.15. The summed E-state index contributed by atoms with van der Waals surface area (Å²) in [6, 6.07) is 9.85. The quantitative estimate of drug-likeness (QED) is 0.618. The van der Waals surface area contributed by atoms with Crippen molar-refractivity contribution in [3.05, 3.63) is 41.7 Å². The molecular formula is C16H22N4O2S. The third-order valence-electron chi connectivity index (χ3n) is 3.52. The molecule has 0 bridgehead atoms. The highest BCUT2D eigenvalue weighted by molar-refractivity contribution is 8.00. The first-order chi connectivity index (χ1) is 11.1. The van der Waals surface area contributed by atoms with Gasteiger partial charge in [-0.2, -0.15) is 0 Å². The Morgan fingerprint density at radius 2 is 2.04 bits per heavy atom. The van der Waals surface area contributed by atoms with Crippen molar-refractivity contribution < 1.29 is 9.53 Å². The number of methoxy groups -OCH3 is 1. The molecule has 0 saturated carbocycles. The Labute approximate surface area is 140 Å². The van der Waals surface area contributed by atoms with Gasteiger partial charge in [-0.15, -0.1) is 10.2 Å². The van der Waals surface area contributed by atoms with Gasteiger partial charge in [0.15, 0.2) is 11.0 Å². The van der Waals surface area contributed by atoms with Crippen LogP contribution in [-0.2, 0) is 16.1 Å². The molecule has 1 aromatic heterocycles. The van der Waals surface area contributed by atoms with Crippen molar-refractivity contribution in [3.8, 4) is 0 Å². The number of carbonyl (C=O) groups excluding carboxylic acids is 1. The maximum atomic E-state index is 11.7. The second-order valence-corrected chi connectivity index (χ2v) is 6.52. The molecule has 7 heteroatoms. The molecule has 6 nitrogen and oxygen atoms in total. The number of carbonyl (C=O) groups is 1. The average molecular weight is 334 g/mol. The fraction of sp³-hybridized carbons (Fsp3) is 0.438. The Kier molecular flexibility index (Phi) is 6.18. The van der Waals surface area contributed by atoms with Crippen LogP contribution in [0.1, 0.15) is 37.7 Å². The van der Waals surface area contributed by atoms with Crippen LogP contribution in [0.5, 0.6) is 0 Å². The Hall–Kier alpha value is -1.86. The van der Waals surface area contributed by atoms with Crippen LogP contribution in [0.15, 0.2) is 35.5 Å². The number of hydrogen-bond donors (Lipinski definition) is 1. The summed E-state index contributed by atoms with van der Waals surface area (Å²) in [5.41, 5.74) is 7.28. The van der Waals surface area contributed by atoms with Crippen molar-refractivity contribution in [1.29, 1.82) is 0 Å². The molecule has 0 aliphatic rings. The fourth-order valence-corrected chi connectivity index (χ4v) is 3.01. The van der Waals surface area contributed by atoms with E-state index in [0.29, 0.717) is 11.7 Å². The van der Waals surface area contributed by atoms with Crippen LogP contribution in [0.4, 0.5) is 0 Å². The molecule has 2 unspecified atom stereocenters. The predicted octanol–water partition coefficient (Wildman–Crippen LogP) is 2.39. The lowest BCUT2D eigenvalue weighted by molar-refractivity contribution is -0.139. The molecule has 124 valence electrons. The number of nitrogens with two attached hydrogens (primary N) is 1. The maximum Gasteiger partial charge on any atom is 0.318 e. The first-order valence-corrected chi connectivity index (χ1v) is 8.41. The average Bonchev–Trinajstić information content (AvgIpc) is 2.96. The second-order valence-electron chi connectivity index (χ2n) is 5.21. The van der Waals surface area contributed by atoms with Gasteiger partial charge in [0.05, 0.1) is 19.7 Å². The molecule has 1 heterocycles. The molecule has 0 radical (unpaired) electrons. The van der Waals surface area contributed by atoms with Gasteiger partial charge in [0.25, 0.3) is 0 Å². The van der Waals surface area contributed by atoms with Crippen LogP contribution < -0.4 is 5.73 Å². The van der Waals surface area contributed by atoms with Gasteiger partial charge in [-0.05, 0) is 18.9 Å². The second kappa shape index (κ2) is 8.12. The van der Waals surface area contributed by atoms with E-state index in [1.807, 2.05) is 41.8 Å².